The molecule has 124 valence electrons. The number of rotatable bonds is 3. The monoisotopic (exact) mass is 340 g/mol. The Balaban J connectivity index is 1.72. The van der Waals surface area contributed by atoms with Crippen molar-refractivity contribution in [1.29, 1.82) is 0 Å². The van der Waals surface area contributed by atoms with Crippen molar-refractivity contribution in [3.8, 4) is 0 Å². The molecule has 2 aliphatic rings. The highest BCUT2D eigenvalue weighted by Crippen LogP contribution is 2.45. The van der Waals surface area contributed by atoms with E-state index in [1.807, 2.05) is 36.6 Å². The SMILES string of the molecule is CCc1ccc(N2C(=O)[C@H]3CCc4[nH]c(SC)cc4[C@H]3C2=O)cc1. The van der Waals surface area contributed by atoms with E-state index in [9.17, 15) is 9.59 Å². The summed E-state index contributed by atoms with van der Waals surface area (Å²) >= 11 is 1.63. The third-order valence-electron chi connectivity index (χ3n) is 5.20. The number of nitrogens with zero attached hydrogens (tertiary/aromatic N) is 1. The second kappa shape index (κ2) is 5.81. The second-order valence-electron chi connectivity index (χ2n) is 6.43. The van der Waals surface area contributed by atoms with Crippen LogP contribution in [-0.4, -0.2) is 23.1 Å². The van der Waals surface area contributed by atoms with Crippen LogP contribution in [0.25, 0.3) is 0 Å². The first-order valence-electron chi connectivity index (χ1n) is 8.36. The zero-order valence-electron chi connectivity index (χ0n) is 13.8. The molecule has 1 saturated heterocycles. The molecule has 5 heteroatoms. The van der Waals surface area contributed by atoms with Gasteiger partial charge in [0.15, 0.2) is 0 Å². The number of hydrogen-bond acceptors (Lipinski definition) is 3. The molecule has 0 radical (unpaired) electrons. The van der Waals surface area contributed by atoms with Crippen LogP contribution in [0.2, 0.25) is 0 Å². The standard InChI is InChI=1S/C19H20N2O2S/c1-3-11-4-6-12(7-5-11)21-18(22)13-8-9-15-14(17(13)19(21)23)10-16(20-15)24-2/h4-7,10,13,17,20H,3,8-9H2,1-2H3/t13-,17-/m0/s1. The molecule has 4 rings (SSSR count). The molecule has 1 aliphatic heterocycles. The molecular weight excluding hydrogens is 320 g/mol. The van der Waals surface area contributed by atoms with Crippen molar-refractivity contribution in [3.05, 3.63) is 47.2 Å². The quantitative estimate of drug-likeness (QED) is 0.687. The van der Waals surface area contributed by atoms with Crippen LogP contribution < -0.4 is 4.90 Å². The fourth-order valence-electron chi connectivity index (χ4n) is 3.88. The predicted molar refractivity (Wildman–Crippen MR) is 95.4 cm³/mol. The first-order chi connectivity index (χ1) is 11.6. The number of thioether (sulfide) groups is 1. The molecule has 4 nitrogen and oxygen atoms in total. The summed E-state index contributed by atoms with van der Waals surface area (Å²) in [5.74, 6) is -0.681. The predicted octanol–water partition coefficient (Wildman–Crippen LogP) is 3.52. The Labute approximate surface area is 145 Å². The van der Waals surface area contributed by atoms with Gasteiger partial charge in [-0.1, -0.05) is 19.1 Å². The Hall–Kier alpha value is -2.01. The number of carbonyl (C=O) groups excluding carboxylic acids is 2. The number of nitrogens with one attached hydrogen (secondary N) is 1. The van der Waals surface area contributed by atoms with Crippen molar-refractivity contribution in [1.82, 2.24) is 4.98 Å². The Morgan fingerprint density at radius 3 is 2.62 bits per heavy atom. The Morgan fingerprint density at radius 1 is 1.21 bits per heavy atom. The molecule has 1 aliphatic carbocycles. The molecule has 1 aromatic carbocycles. The molecule has 2 heterocycles. The van der Waals surface area contributed by atoms with E-state index in [2.05, 4.69) is 11.9 Å². The third-order valence-corrected chi connectivity index (χ3v) is 5.86. The van der Waals surface area contributed by atoms with E-state index in [0.29, 0.717) is 5.69 Å². The molecule has 0 spiro atoms. The highest BCUT2D eigenvalue weighted by molar-refractivity contribution is 7.98. The van der Waals surface area contributed by atoms with Crippen LogP contribution >= 0.6 is 11.8 Å². The zero-order valence-corrected chi connectivity index (χ0v) is 14.7. The van der Waals surface area contributed by atoms with Crippen molar-refractivity contribution in [2.45, 2.75) is 37.1 Å². The van der Waals surface area contributed by atoms with E-state index in [-0.39, 0.29) is 23.7 Å². The molecule has 1 fully saturated rings. The molecule has 2 atom stereocenters. The van der Waals surface area contributed by atoms with Crippen molar-refractivity contribution < 1.29 is 9.59 Å². The summed E-state index contributed by atoms with van der Waals surface area (Å²) in [5.41, 5.74) is 4.03. The average Bonchev–Trinajstić information content (AvgIpc) is 3.14. The van der Waals surface area contributed by atoms with Gasteiger partial charge in [0.25, 0.3) is 0 Å². The van der Waals surface area contributed by atoms with Gasteiger partial charge in [0.05, 0.1) is 22.5 Å². The highest BCUT2D eigenvalue weighted by Gasteiger charge is 2.51. The fourth-order valence-corrected chi connectivity index (χ4v) is 4.35. The number of fused-ring (bicyclic) bond motifs is 3. The summed E-state index contributed by atoms with van der Waals surface area (Å²) in [6, 6.07) is 9.80. The summed E-state index contributed by atoms with van der Waals surface area (Å²) < 4.78 is 0. The summed E-state index contributed by atoms with van der Waals surface area (Å²) in [6.07, 6.45) is 4.52. The van der Waals surface area contributed by atoms with Crippen molar-refractivity contribution in [3.63, 3.8) is 0 Å². The number of aromatic nitrogens is 1. The zero-order chi connectivity index (χ0) is 16.8. The summed E-state index contributed by atoms with van der Waals surface area (Å²) in [4.78, 5) is 30.7. The van der Waals surface area contributed by atoms with Crippen LogP contribution in [0.4, 0.5) is 5.69 Å². The van der Waals surface area contributed by atoms with Crippen molar-refractivity contribution >= 4 is 29.3 Å². The topological polar surface area (TPSA) is 53.2 Å². The number of carbonyl (C=O) groups is 2. The van der Waals surface area contributed by atoms with Gasteiger partial charge >= 0.3 is 0 Å². The minimum absolute atomic E-state index is 0.0493. The maximum Gasteiger partial charge on any atom is 0.242 e. The molecular formula is C19H20N2O2S. The maximum atomic E-state index is 13.0. The van der Waals surface area contributed by atoms with Crippen molar-refractivity contribution in [2.24, 2.45) is 5.92 Å². The smallest absolute Gasteiger partial charge is 0.242 e. The minimum atomic E-state index is -0.329. The first kappa shape index (κ1) is 15.5. The van der Waals surface area contributed by atoms with E-state index in [1.165, 1.54) is 10.5 Å². The van der Waals surface area contributed by atoms with E-state index >= 15 is 0 Å². The fraction of sp³-hybridized carbons (Fsp3) is 0.368. The molecule has 2 aromatic rings. The van der Waals surface area contributed by atoms with Crippen LogP contribution in [0.3, 0.4) is 0 Å². The maximum absolute atomic E-state index is 13.0. The average molecular weight is 340 g/mol. The lowest BCUT2D eigenvalue weighted by molar-refractivity contribution is -0.122. The first-order valence-corrected chi connectivity index (χ1v) is 9.59. The largest absolute Gasteiger partial charge is 0.353 e. The summed E-state index contributed by atoms with van der Waals surface area (Å²) in [6.45, 7) is 2.09. The second-order valence-corrected chi connectivity index (χ2v) is 7.27. The molecule has 0 bridgehead atoms. The van der Waals surface area contributed by atoms with Crippen LogP contribution in [0.5, 0.6) is 0 Å². The molecule has 24 heavy (non-hydrogen) atoms. The van der Waals surface area contributed by atoms with Crippen LogP contribution in [0.15, 0.2) is 35.4 Å². The molecule has 0 unspecified atom stereocenters. The summed E-state index contributed by atoms with van der Waals surface area (Å²) in [7, 11) is 0. The number of H-pyrrole nitrogens is 1. The highest BCUT2D eigenvalue weighted by atomic mass is 32.2. The Bertz CT molecular complexity index is 809. The van der Waals surface area contributed by atoms with Gasteiger partial charge in [0.1, 0.15) is 0 Å². The van der Waals surface area contributed by atoms with Gasteiger partial charge in [-0.15, -0.1) is 11.8 Å². The van der Waals surface area contributed by atoms with Gasteiger partial charge < -0.3 is 4.98 Å². The number of imide groups is 1. The molecule has 1 aromatic heterocycles. The molecule has 0 saturated carbocycles. The van der Waals surface area contributed by atoms with Gasteiger partial charge in [0, 0.05) is 5.69 Å². The molecule has 2 amide bonds. The van der Waals surface area contributed by atoms with E-state index in [1.54, 1.807) is 11.8 Å². The number of aryl methyl sites for hydroxylation is 2. The van der Waals surface area contributed by atoms with E-state index < -0.39 is 0 Å². The molecule has 1 N–H and O–H groups in total. The normalized spacial score (nSPS) is 22.7. The van der Waals surface area contributed by atoms with Gasteiger partial charge in [-0.05, 0) is 54.8 Å². The minimum Gasteiger partial charge on any atom is -0.353 e. The Morgan fingerprint density at radius 2 is 1.96 bits per heavy atom. The Kier molecular flexibility index (Phi) is 3.76. The number of hydrogen-bond donors (Lipinski definition) is 1. The lowest BCUT2D eigenvalue weighted by atomic mass is 9.79. The lowest BCUT2D eigenvalue weighted by Crippen LogP contribution is -2.30. The van der Waals surface area contributed by atoms with Gasteiger partial charge in [-0.3, -0.25) is 9.59 Å². The van der Waals surface area contributed by atoms with Crippen LogP contribution in [0.1, 0.15) is 36.1 Å². The third kappa shape index (κ3) is 2.22. The van der Waals surface area contributed by atoms with E-state index in [0.717, 1.165) is 35.5 Å². The number of amides is 2. The van der Waals surface area contributed by atoms with Gasteiger partial charge in [-0.25, -0.2) is 4.90 Å². The van der Waals surface area contributed by atoms with Crippen molar-refractivity contribution in [2.75, 3.05) is 11.2 Å². The van der Waals surface area contributed by atoms with Gasteiger partial charge in [0.2, 0.25) is 11.8 Å². The van der Waals surface area contributed by atoms with Gasteiger partial charge in [-0.2, -0.15) is 0 Å². The number of aromatic amines is 1. The van der Waals surface area contributed by atoms with Crippen LogP contribution in [0, 0.1) is 5.92 Å². The van der Waals surface area contributed by atoms with E-state index in [4.69, 9.17) is 0 Å². The van der Waals surface area contributed by atoms with Crippen LogP contribution in [-0.2, 0) is 22.4 Å². The number of anilines is 1. The number of benzene rings is 1. The lowest BCUT2D eigenvalue weighted by Gasteiger charge is -2.21. The summed E-state index contributed by atoms with van der Waals surface area (Å²) in [5, 5.41) is 1.06.